The van der Waals surface area contributed by atoms with Gasteiger partial charge in [0.2, 0.25) is 0 Å². The van der Waals surface area contributed by atoms with E-state index >= 15 is 0 Å². The second-order valence-electron chi connectivity index (χ2n) is 3.76. The first-order valence-corrected chi connectivity index (χ1v) is 5.90. The quantitative estimate of drug-likeness (QED) is 0.333. The van der Waals surface area contributed by atoms with Crippen molar-refractivity contribution in [1.29, 1.82) is 0 Å². The van der Waals surface area contributed by atoms with Crippen molar-refractivity contribution < 1.29 is 9.66 Å². The Morgan fingerprint density at radius 1 is 1.56 bits per heavy atom. The summed E-state index contributed by atoms with van der Waals surface area (Å²) in [6.07, 6.45) is 2.52. The van der Waals surface area contributed by atoms with Gasteiger partial charge in [-0.25, -0.2) is 0 Å². The molecule has 0 aromatic heterocycles. The van der Waals surface area contributed by atoms with E-state index in [-0.39, 0.29) is 5.69 Å². The van der Waals surface area contributed by atoms with Crippen molar-refractivity contribution in [2.45, 2.75) is 19.9 Å². The Kier molecular flexibility index (Phi) is 5.87. The summed E-state index contributed by atoms with van der Waals surface area (Å²) in [4.78, 5) is 10.3. The molecule has 5 nitrogen and oxygen atoms in total. The maximum Gasteiger partial charge on any atom is 0.270 e. The van der Waals surface area contributed by atoms with Crippen LogP contribution in [0.1, 0.15) is 18.9 Å². The van der Waals surface area contributed by atoms with Gasteiger partial charge in [-0.1, -0.05) is 13.0 Å². The third kappa shape index (κ3) is 4.18. The molecule has 1 N–H and O–H groups in total. The number of non-ortho nitro benzene ring substituents is 1. The molecular formula is C13H18N2O3. The van der Waals surface area contributed by atoms with Gasteiger partial charge in [-0.2, -0.15) is 0 Å². The minimum atomic E-state index is -0.400. The predicted molar refractivity (Wildman–Crippen MR) is 70.8 cm³/mol. The van der Waals surface area contributed by atoms with E-state index in [0.717, 1.165) is 18.5 Å². The van der Waals surface area contributed by atoms with E-state index in [4.69, 9.17) is 4.74 Å². The van der Waals surface area contributed by atoms with Gasteiger partial charge in [0.25, 0.3) is 5.69 Å². The largest absolute Gasteiger partial charge is 0.493 e. The zero-order valence-corrected chi connectivity index (χ0v) is 10.5. The van der Waals surface area contributed by atoms with Crippen LogP contribution in [0, 0.1) is 10.1 Å². The minimum absolute atomic E-state index is 0.0824. The first-order chi connectivity index (χ1) is 8.69. The maximum absolute atomic E-state index is 10.7. The Balaban J connectivity index is 2.85. The maximum atomic E-state index is 10.7. The Bertz CT molecular complexity index is 419. The predicted octanol–water partition coefficient (Wildman–Crippen LogP) is 2.66. The Hall–Kier alpha value is -1.88. The fourth-order valence-electron chi connectivity index (χ4n) is 1.47. The summed E-state index contributed by atoms with van der Waals surface area (Å²) < 4.78 is 5.58. The molecule has 0 amide bonds. The summed E-state index contributed by atoms with van der Waals surface area (Å²) >= 11 is 0. The molecule has 5 heteroatoms. The van der Waals surface area contributed by atoms with Crippen molar-refractivity contribution in [1.82, 2.24) is 5.32 Å². The van der Waals surface area contributed by atoms with Gasteiger partial charge in [0, 0.05) is 24.2 Å². The lowest BCUT2D eigenvalue weighted by atomic mass is 10.1. The third-order valence-corrected chi connectivity index (χ3v) is 2.40. The number of nitrogens with zero attached hydrogens (tertiary/aromatic N) is 1. The van der Waals surface area contributed by atoms with Crippen LogP contribution in [0.5, 0.6) is 5.75 Å². The van der Waals surface area contributed by atoms with Crippen molar-refractivity contribution >= 4 is 5.69 Å². The molecule has 0 radical (unpaired) electrons. The van der Waals surface area contributed by atoms with Crippen LogP contribution in [-0.4, -0.2) is 18.1 Å². The fraction of sp³-hybridized carbons (Fsp3) is 0.385. The molecule has 1 aromatic carbocycles. The van der Waals surface area contributed by atoms with Gasteiger partial charge in [-0.05, 0) is 19.0 Å². The number of nitro groups is 1. The van der Waals surface area contributed by atoms with Crippen LogP contribution in [0.15, 0.2) is 30.9 Å². The van der Waals surface area contributed by atoms with E-state index in [2.05, 4.69) is 11.9 Å². The molecule has 18 heavy (non-hydrogen) atoms. The number of hydrogen-bond donors (Lipinski definition) is 1. The lowest BCUT2D eigenvalue weighted by Crippen LogP contribution is -2.13. The van der Waals surface area contributed by atoms with Crippen molar-refractivity contribution in [3.63, 3.8) is 0 Å². The Morgan fingerprint density at radius 3 is 2.94 bits per heavy atom. The van der Waals surface area contributed by atoms with Gasteiger partial charge in [-0.15, -0.1) is 6.58 Å². The highest BCUT2D eigenvalue weighted by molar-refractivity contribution is 5.43. The Morgan fingerprint density at radius 2 is 2.33 bits per heavy atom. The zero-order chi connectivity index (χ0) is 13.4. The van der Waals surface area contributed by atoms with E-state index in [1.54, 1.807) is 18.2 Å². The molecule has 0 aliphatic heterocycles. The molecule has 0 fully saturated rings. The number of rotatable bonds is 8. The molecule has 0 aliphatic rings. The van der Waals surface area contributed by atoms with Gasteiger partial charge in [0.1, 0.15) is 5.75 Å². The molecule has 1 aromatic rings. The zero-order valence-electron chi connectivity index (χ0n) is 10.5. The second-order valence-corrected chi connectivity index (χ2v) is 3.76. The summed E-state index contributed by atoms with van der Waals surface area (Å²) in [6, 6.07) is 4.65. The van der Waals surface area contributed by atoms with Gasteiger partial charge in [-0.3, -0.25) is 10.1 Å². The van der Waals surface area contributed by atoms with E-state index in [1.165, 1.54) is 6.07 Å². The molecule has 0 spiro atoms. The normalized spacial score (nSPS) is 10.1. The molecule has 1 rings (SSSR count). The summed E-state index contributed by atoms with van der Waals surface area (Å²) in [5.74, 6) is 0.684. The highest BCUT2D eigenvalue weighted by atomic mass is 16.6. The summed E-state index contributed by atoms with van der Waals surface area (Å²) in [7, 11) is 0. The van der Waals surface area contributed by atoms with Gasteiger partial charge >= 0.3 is 0 Å². The van der Waals surface area contributed by atoms with Crippen LogP contribution < -0.4 is 10.1 Å². The molecular weight excluding hydrogens is 232 g/mol. The number of nitrogens with one attached hydrogen (secondary N) is 1. The van der Waals surface area contributed by atoms with Crippen molar-refractivity contribution in [2.24, 2.45) is 0 Å². The van der Waals surface area contributed by atoms with Gasteiger partial charge in [0.15, 0.2) is 0 Å². The number of hydrogen-bond acceptors (Lipinski definition) is 4. The summed E-state index contributed by atoms with van der Waals surface area (Å²) in [5, 5.41) is 13.9. The molecule has 0 aliphatic carbocycles. The van der Waals surface area contributed by atoms with Crippen LogP contribution in [0.3, 0.4) is 0 Å². The molecule has 0 saturated carbocycles. The van der Waals surface area contributed by atoms with Gasteiger partial charge in [0.05, 0.1) is 11.5 Å². The van der Waals surface area contributed by atoms with Crippen LogP contribution in [0.25, 0.3) is 0 Å². The Labute approximate surface area is 107 Å². The average molecular weight is 250 g/mol. The number of benzene rings is 1. The fourth-order valence-corrected chi connectivity index (χ4v) is 1.47. The van der Waals surface area contributed by atoms with Crippen LogP contribution >= 0.6 is 0 Å². The standard InChI is InChI=1S/C13H18N2O3/c1-3-5-8-18-13-7-6-12(15(16)17)9-11(13)10-14-4-2/h3,6-7,9,14H,1,4-5,8,10H2,2H3. The van der Waals surface area contributed by atoms with E-state index in [9.17, 15) is 10.1 Å². The van der Waals surface area contributed by atoms with Crippen LogP contribution in [0.2, 0.25) is 0 Å². The van der Waals surface area contributed by atoms with E-state index in [1.807, 2.05) is 6.92 Å². The minimum Gasteiger partial charge on any atom is -0.493 e. The highest BCUT2D eigenvalue weighted by Crippen LogP contribution is 2.24. The highest BCUT2D eigenvalue weighted by Gasteiger charge is 2.11. The molecule has 98 valence electrons. The van der Waals surface area contributed by atoms with Crippen LogP contribution in [0.4, 0.5) is 5.69 Å². The molecule has 0 heterocycles. The molecule has 0 saturated heterocycles. The smallest absolute Gasteiger partial charge is 0.270 e. The van der Waals surface area contributed by atoms with E-state index in [0.29, 0.717) is 18.9 Å². The van der Waals surface area contributed by atoms with Crippen molar-refractivity contribution in [3.05, 3.63) is 46.5 Å². The van der Waals surface area contributed by atoms with Crippen LogP contribution in [-0.2, 0) is 6.54 Å². The third-order valence-electron chi connectivity index (χ3n) is 2.40. The van der Waals surface area contributed by atoms with Crippen molar-refractivity contribution in [3.8, 4) is 5.75 Å². The second kappa shape index (κ2) is 7.45. The average Bonchev–Trinajstić information content (AvgIpc) is 2.37. The first-order valence-electron chi connectivity index (χ1n) is 5.90. The van der Waals surface area contributed by atoms with E-state index < -0.39 is 4.92 Å². The monoisotopic (exact) mass is 250 g/mol. The molecule has 0 unspecified atom stereocenters. The topological polar surface area (TPSA) is 64.4 Å². The summed E-state index contributed by atoms with van der Waals surface area (Å²) in [5.41, 5.74) is 0.883. The lowest BCUT2D eigenvalue weighted by molar-refractivity contribution is -0.384. The lowest BCUT2D eigenvalue weighted by Gasteiger charge is -2.11. The molecule has 0 atom stereocenters. The number of nitro benzene ring substituents is 1. The molecule has 0 bridgehead atoms. The first kappa shape index (κ1) is 14.2. The number of ether oxygens (including phenoxy) is 1. The van der Waals surface area contributed by atoms with Gasteiger partial charge < -0.3 is 10.1 Å². The van der Waals surface area contributed by atoms with Crippen molar-refractivity contribution in [2.75, 3.05) is 13.2 Å². The summed E-state index contributed by atoms with van der Waals surface area (Å²) in [6.45, 7) is 7.49. The SMILES string of the molecule is C=CCCOc1ccc([N+](=O)[O-])cc1CNCC.